The second-order valence-electron chi connectivity index (χ2n) is 6.96. The maximum Gasteiger partial charge on any atom is 0.471 e. The minimum Gasteiger partial charge on any atom is -0.493 e. The summed E-state index contributed by atoms with van der Waals surface area (Å²) in [6.07, 6.45) is -9.29. The molecule has 0 saturated carbocycles. The fourth-order valence-electron chi connectivity index (χ4n) is 2.66. The molecule has 1 amide bonds. The van der Waals surface area contributed by atoms with Gasteiger partial charge in [0, 0.05) is 32.1 Å². The molecule has 0 spiro atoms. The van der Waals surface area contributed by atoms with Crippen LogP contribution in [0.15, 0.2) is 33.3 Å². The Hall–Kier alpha value is -3.58. The molecule has 0 atom stereocenters. The van der Waals surface area contributed by atoms with E-state index in [1.54, 1.807) is 14.1 Å². The van der Waals surface area contributed by atoms with E-state index in [1.165, 1.54) is 11.0 Å². The molecule has 33 heavy (non-hydrogen) atoms. The first kappa shape index (κ1) is 24.1. The zero-order valence-corrected chi connectivity index (χ0v) is 17.1. The number of ether oxygens (including phenoxy) is 1. The van der Waals surface area contributed by atoms with Gasteiger partial charge >= 0.3 is 18.2 Å². The molecule has 2 aromatic heterocycles. The molecular weight excluding hydrogens is 462 g/mol. The number of carbonyl (C=O) groups excluding carboxylic acids is 1. The number of hydrogen-bond acceptors (Lipinski definition) is 7. The van der Waals surface area contributed by atoms with Crippen LogP contribution in [-0.2, 0) is 18.8 Å². The van der Waals surface area contributed by atoms with Gasteiger partial charge < -0.3 is 18.7 Å². The van der Waals surface area contributed by atoms with E-state index in [4.69, 9.17) is 9.26 Å². The lowest BCUT2D eigenvalue weighted by Crippen LogP contribution is -2.21. The largest absolute Gasteiger partial charge is 0.493 e. The SMILES string of the molecule is CN(C)C(=O)c1cc(CCCOc2ccc(-c3noc(C(F)(F)F)n3)cc2C(F)(F)F)on1. The summed E-state index contributed by atoms with van der Waals surface area (Å²) in [5.74, 6) is -2.85. The van der Waals surface area contributed by atoms with Crippen molar-refractivity contribution in [3.8, 4) is 17.1 Å². The van der Waals surface area contributed by atoms with Crippen LogP contribution < -0.4 is 4.74 Å². The van der Waals surface area contributed by atoms with E-state index in [0.717, 1.165) is 12.1 Å². The van der Waals surface area contributed by atoms with E-state index in [1.807, 2.05) is 0 Å². The van der Waals surface area contributed by atoms with E-state index in [2.05, 4.69) is 19.8 Å². The van der Waals surface area contributed by atoms with Crippen molar-refractivity contribution < 1.29 is 44.9 Å². The Bertz CT molecular complexity index is 1120. The van der Waals surface area contributed by atoms with Gasteiger partial charge in [-0.1, -0.05) is 10.3 Å². The van der Waals surface area contributed by atoms with Crippen LogP contribution in [0.2, 0.25) is 0 Å². The van der Waals surface area contributed by atoms with Gasteiger partial charge in [-0.15, -0.1) is 0 Å². The molecule has 3 rings (SSSR count). The van der Waals surface area contributed by atoms with Crippen molar-refractivity contribution in [2.45, 2.75) is 25.2 Å². The van der Waals surface area contributed by atoms with Gasteiger partial charge in [-0.2, -0.15) is 31.3 Å². The molecule has 178 valence electrons. The Labute approximate surface area is 182 Å². The zero-order valence-electron chi connectivity index (χ0n) is 17.1. The van der Waals surface area contributed by atoms with E-state index < -0.39 is 35.4 Å². The molecule has 0 fully saturated rings. The van der Waals surface area contributed by atoms with Gasteiger partial charge in [0.15, 0.2) is 5.69 Å². The number of alkyl halides is 6. The van der Waals surface area contributed by atoms with Crippen molar-refractivity contribution in [3.05, 3.63) is 47.2 Å². The van der Waals surface area contributed by atoms with Gasteiger partial charge in [-0.3, -0.25) is 4.79 Å². The number of rotatable bonds is 7. The normalized spacial score (nSPS) is 12.1. The first-order valence-electron chi connectivity index (χ1n) is 9.29. The smallest absolute Gasteiger partial charge is 0.471 e. The Morgan fingerprint density at radius 2 is 1.76 bits per heavy atom. The summed E-state index contributed by atoms with van der Waals surface area (Å²) in [5.41, 5.74) is -1.44. The monoisotopic (exact) mass is 478 g/mol. The number of aryl methyl sites for hydroxylation is 1. The molecule has 1 aromatic carbocycles. The van der Waals surface area contributed by atoms with Crippen molar-refractivity contribution in [2.75, 3.05) is 20.7 Å². The highest BCUT2D eigenvalue weighted by Crippen LogP contribution is 2.39. The molecule has 8 nitrogen and oxygen atoms in total. The number of aromatic nitrogens is 3. The predicted octanol–water partition coefficient (Wildman–Crippen LogP) is 4.48. The second kappa shape index (κ2) is 9.11. The minimum absolute atomic E-state index is 0.0982. The molecule has 14 heteroatoms. The van der Waals surface area contributed by atoms with Crippen LogP contribution in [0, 0.1) is 0 Å². The van der Waals surface area contributed by atoms with Crippen molar-refractivity contribution in [2.24, 2.45) is 0 Å². The number of benzene rings is 1. The summed E-state index contributed by atoms with van der Waals surface area (Å²) >= 11 is 0. The second-order valence-corrected chi connectivity index (χ2v) is 6.96. The van der Waals surface area contributed by atoms with Gasteiger partial charge in [0.1, 0.15) is 11.5 Å². The average Bonchev–Trinajstić information content (AvgIpc) is 3.39. The van der Waals surface area contributed by atoms with E-state index >= 15 is 0 Å². The maximum atomic E-state index is 13.5. The van der Waals surface area contributed by atoms with Gasteiger partial charge in [0.2, 0.25) is 5.82 Å². The lowest BCUT2D eigenvalue weighted by Gasteiger charge is -2.14. The quantitative estimate of drug-likeness (QED) is 0.365. The van der Waals surface area contributed by atoms with Gasteiger partial charge in [0.25, 0.3) is 5.91 Å². The van der Waals surface area contributed by atoms with Crippen molar-refractivity contribution >= 4 is 5.91 Å². The summed E-state index contributed by atoms with van der Waals surface area (Å²) in [5, 5.41) is 6.71. The first-order chi connectivity index (χ1) is 15.4. The van der Waals surface area contributed by atoms with Crippen LogP contribution in [0.5, 0.6) is 5.75 Å². The van der Waals surface area contributed by atoms with Gasteiger partial charge in [0.05, 0.1) is 12.2 Å². The number of carbonyl (C=O) groups is 1. The summed E-state index contributed by atoms with van der Waals surface area (Å²) in [6.45, 7) is -0.138. The number of halogens is 6. The molecule has 0 aliphatic heterocycles. The molecule has 0 radical (unpaired) electrons. The predicted molar refractivity (Wildman–Crippen MR) is 98.1 cm³/mol. The third-order valence-electron chi connectivity index (χ3n) is 4.22. The number of nitrogens with zero attached hydrogens (tertiary/aromatic N) is 4. The molecule has 3 aromatic rings. The molecular formula is C19H16F6N4O4. The molecule has 0 aliphatic rings. The van der Waals surface area contributed by atoms with Gasteiger partial charge in [-0.05, 0) is 24.6 Å². The molecule has 0 aliphatic carbocycles. The Morgan fingerprint density at radius 3 is 2.36 bits per heavy atom. The van der Waals surface area contributed by atoms with Crippen LogP contribution in [0.3, 0.4) is 0 Å². The molecule has 0 N–H and O–H groups in total. The summed E-state index contributed by atoms with van der Waals surface area (Å²) in [7, 11) is 3.09. The van der Waals surface area contributed by atoms with Crippen LogP contribution in [0.25, 0.3) is 11.4 Å². The van der Waals surface area contributed by atoms with Crippen LogP contribution in [0.4, 0.5) is 26.3 Å². The van der Waals surface area contributed by atoms with Crippen LogP contribution in [-0.4, -0.2) is 46.8 Å². The Morgan fingerprint density at radius 1 is 1.03 bits per heavy atom. The fraction of sp³-hybridized carbons (Fsp3) is 0.368. The lowest BCUT2D eigenvalue weighted by atomic mass is 10.1. The lowest BCUT2D eigenvalue weighted by molar-refractivity contribution is -0.159. The standard InChI is InChI=1S/C19H16F6N4O4/c1-29(2)16(30)13-9-11(32-27-13)4-3-7-31-14-6-5-10(8-12(14)18(20,21)22)15-26-17(33-28-15)19(23,24)25/h5-6,8-9H,3-4,7H2,1-2H3. The minimum atomic E-state index is -4.93. The van der Waals surface area contributed by atoms with Crippen molar-refractivity contribution in [1.29, 1.82) is 0 Å². The average molecular weight is 478 g/mol. The summed E-state index contributed by atoms with van der Waals surface area (Å²) in [6, 6.07) is 4.06. The maximum absolute atomic E-state index is 13.5. The first-order valence-corrected chi connectivity index (χ1v) is 9.29. The van der Waals surface area contributed by atoms with Crippen molar-refractivity contribution in [3.63, 3.8) is 0 Å². The van der Waals surface area contributed by atoms with E-state index in [-0.39, 0.29) is 36.6 Å². The fourth-order valence-corrected chi connectivity index (χ4v) is 2.66. The highest BCUT2D eigenvalue weighted by atomic mass is 19.4. The number of hydrogen-bond donors (Lipinski definition) is 0. The van der Waals surface area contributed by atoms with E-state index in [9.17, 15) is 31.1 Å². The molecule has 0 saturated heterocycles. The highest BCUT2D eigenvalue weighted by molar-refractivity contribution is 5.91. The van der Waals surface area contributed by atoms with Crippen LogP contribution >= 0.6 is 0 Å². The van der Waals surface area contributed by atoms with Crippen molar-refractivity contribution in [1.82, 2.24) is 20.2 Å². The topological polar surface area (TPSA) is 94.5 Å². The molecule has 2 heterocycles. The highest BCUT2D eigenvalue weighted by Gasteiger charge is 2.39. The Kier molecular flexibility index (Phi) is 6.65. The Balaban J connectivity index is 1.68. The third kappa shape index (κ3) is 5.81. The number of amides is 1. The molecule has 0 unspecified atom stereocenters. The summed E-state index contributed by atoms with van der Waals surface area (Å²) in [4.78, 5) is 16.2. The molecule has 0 bridgehead atoms. The summed E-state index contributed by atoms with van der Waals surface area (Å²) < 4.78 is 92.5. The van der Waals surface area contributed by atoms with E-state index in [0.29, 0.717) is 11.8 Å². The zero-order chi connectivity index (χ0) is 24.4. The van der Waals surface area contributed by atoms with Gasteiger partial charge in [-0.25, -0.2) is 0 Å². The third-order valence-corrected chi connectivity index (χ3v) is 4.22. The van der Waals surface area contributed by atoms with Crippen LogP contribution in [0.1, 0.15) is 34.1 Å².